The second kappa shape index (κ2) is 7.63. The lowest BCUT2D eigenvalue weighted by molar-refractivity contribution is -0.139. The molecule has 1 aliphatic rings. The third-order valence-corrected chi connectivity index (χ3v) is 4.13. The van der Waals surface area contributed by atoms with Gasteiger partial charge < -0.3 is 10.1 Å². The summed E-state index contributed by atoms with van der Waals surface area (Å²) in [6, 6.07) is 4.29. The maximum Gasteiger partial charge on any atom is 0.247 e. The van der Waals surface area contributed by atoms with Crippen molar-refractivity contribution in [2.24, 2.45) is 0 Å². The Kier molecular flexibility index (Phi) is 5.80. The number of benzene rings is 1. The van der Waals surface area contributed by atoms with Gasteiger partial charge in [-0.3, -0.25) is 24.2 Å². The lowest BCUT2D eigenvalue weighted by atomic mass is 10.2. The van der Waals surface area contributed by atoms with E-state index in [0.717, 1.165) is 0 Å². The Labute approximate surface area is 145 Å². The topological polar surface area (TPSA) is 79.0 Å². The zero-order valence-corrected chi connectivity index (χ0v) is 14.6. The first kappa shape index (κ1) is 18.2. The molecule has 3 amide bonds. The number of halogens is 1. The summed E-state index contributed by atoms with van der Waals surface area (Å²) in [5.74, 6) is -0.317. The number of imide groups is 1. The lowest BCUT2D eigenvalue weighted by Gasteiger charge is -2.22. The molecule has 1 unspecified atom stereocenters. The number of nitrogens with zero attached hydrogens (tertiary/aromatic N) is 2. The van der Waals surface area contributed by atoms with Gasteiger partial charge in [-0.05, 0) is 32.2 Å². The van der Waals surface area contributed by atoms with E-state index in [1.165, 1.54) is 12.0 Å². The number of nitrogens with one attached hydrogen (secondary N) is 1. The molecule has 1 atom stereocenters. The summed E-state index contributed by atoms with van der Waals surface area (Å²) in [4.78, 5) is 39.0. The summed E-state index contributed by atoms with van der Waals surface area (Å²) in [6.07, 6.45) is 0.0942. The number of hydrogen-bond donors (Lipinski definition) is 1. The van der Waals surface area contributed by atoms with E-state index in [9.17, 15) is 14.4 Å². The van der Waals surface area contributed by atoms with Gasteiger partial charge >= 0.3 is 0 Å². The summed E-state index contributed by atoms with van der Waals surface area (Å²) in [6.45, 7) is 2.06. The quantitative estimate of drug-likeness (QED) is 0.781. The average molecular weight is 354 g/mol. The SMILES string of the molecule is CCN1C(=O)CC(N(C)CC(=O)Nc2cc(Cl)ccc2OC)C1=O. The highest BCUT2D eigenvalue weighted by atomic mass is 35.5. The van der Waals surface area contributed by atoms with Crippen LogP contribution in [-0.2, 0) is 14.4 Å². The second-order valence-corrected chi connectivity index (χ2v) is 5.94. The smallest absolute Gasteiger partial charge is 0.247 e. The fourth-order valence-electron chi connectivity index (χ4n) is 2.65. The van der Waals surface area contributed by atoms with Crippen LogP contribution < -0.4 is 10.1 Å². The first-order valence-corrected chi connectivity index (χ1v) is 7.93. The Morgan fingerprint density at radius 2 is 2.17 bits per heavy atom. The van der Waals surface area contributed by atoms with Gasteiger partial charge in [-0.25, -0.2) is 0 Å². The Hall–Kier alpha value is -2.12. The van der Waals surface area contributed by atoms with Gasteiger partial charge in [-0.1, -0.05) is 11.6 Å². The minimum atomic E-state index is -0.607. The van der Waals surface area contributed by atoms with Gasteiger partial charge in [0.15, 0.2) is 0 Å². The number of carbonyl (C=O) groups excluding carboxylic acids is 3. The molecule has 8 heteroatoms. The largest absolute Gasteiger partial charge is 0.495 e. The third-order valence-electron chi connectivity index (χ3n) is 3.90. The summed E-state index contributed by atoms with van der Waals surface area (Å²) >= 11 is 5.93. The van der Waals surface area contributed by atoms with Crippen molar-refractivity contribution in [2.45, 2.75) is 19.4 Å². The van der Waals surface area contributed by atoms with Crippen LogP contribution in [0.25, 0.3) is 0 Å². The molecular weight excluding hydrogens is 334 g/mol. The molecule has 24 heavy (non-hydrogen) atoms. The molecule has 1 saturated heterocycles. The molecule has 0 saturated carbocycles. The Balaban J connectivity index is 2.01. The van der Waals surface area contributed by atoms with Gasteiger partial charge in [0.1, 0.15) is 5.75 Å². The van der Waals surface area contributed by atoms with Crippen LogP contribution in [0.2, 0.25) is 5.02 Å². The van der Waals surface area contributed by atoms with Crippen LogP contribution in [-0.4, -0.2) is 60.8 Å². The number of rotatable bonds is 6. The molecule has 7 nitrogen and oxygen atoms in total. The van der Waals surface area contributed by atoms with E-state index in [0.29, 0.717) is 23.0 Å². The second-order valence-electron chi connectivity index (χ2n) is 5.50. The third kappa shape index (κ3) is 3.85. The summed E-state index contributed by atoms with van der Waals surface area (Å²) < 4.78 is 5.17. The zero-order valence-electron chi connectivity index (χ0n) is 13.8. The Bertz CT molecular complexity index is 665. The number of amides is 3. The maximum atomic E-state index is 12.2. The molecule has 130 valence electrons. The first-order chi connectivity index (χ1) is 11.4. The van der Waals surface area contributed by atoms with Gasteiger partial charge in [0.2, 0.25) is 17.7 Å². The van der Waals surface area contributed by atoms with Crippen molar-refractivity contribution < 1.29 is 19.1 Å². The zero-order chi connectivity index (χ0) is 17.9. The molecule has 1 N–H and O–H groups in total. The molecule has 0 aromatic heterocycles. The van der Waals surface area contributed by atoms with Crippen molar-refractivity contribution in [3.63, 3.8) is 0 Å². The molecule has 1 aliphatic heterocycles. The highest BCUT2D eigenvalue weighted by Crippen LogP contribution is 2.27. The van der Waals surface area contributed by atoms with Crippen LogP contribution in [0.15, 0.2) is 18.2 Å². The predicted molar refractivity (Wildman–Crippen MR) is 90.1 cm³/mol. The van der Waals surface area contributed by atoms with Crippen molar-refractivity contribution in [1.82, 2.24) is 9.80 Å². The summed E-state index contributed by atoms with van der Waals surface area (Å²) in [5, 5.41) is 3.18. The fourth-order valence-corrected chi connectivity index (χ4v) is 2.82. The molecular formula is C16H20ClN3O4. The van der Waals surface area contributed by atoms with Gasteiger partial charge in [0, 0.05) is 11.6 Å². The molecule has 1 aromatic rings. The normalized spacial score (nSPS) is 17.5. The molecule has 1 aromatic carbocycles. The molecule has 1 fully saturated rings. The van der Waals surface area contributed by atoms with Crippen LogP contribution in [0.5, 0.6) is 5.75 Å². The number of carbonyl (C=O) groups is 3. The van der Waals surface area contributed by atoms with E-state index in [1.54, 1.807) is 37.1 Å². The van der Waals surface area contributed by atoms with Crippen molar-refractivity contribution in [2.75, 3.05) is 32.6 Å². The Morgan fingerprint density at radius 1 is 1.46 bits per heavy atom. The van der Waals surface area contributed by atoms with Crippen molar-refractivity contribution in [3.05, 3.63) is 23.2 Å². The Morgan fingerprint density at radius 3 is 2.75 bits per heavy atom. The van der Waals surface area contributed by atoms with Gasteiger partial charge in [-0.15, -0.1) is 0 Å². The van der Waals surface area contributed by atoms with E-state index in [4.69, 9.17) is 16.3 Å². The van der Waals surface area contributed by atoms with Crippen LogP contribution in [0, 0.1) is 0 Å². The highest BCUT2D eigenvalue weighted by Gasteiger charge is 2.40. The van der Waals surface area contributed by atoms with E-state index < -0.39 is 6.04 Å². The van der Waals surface area contributed by atoms with Crippen LogP contribution in [0.4, 0.5) is 5.69 Å². The number of hydrogen-bond acceptors (Lipinski definition) is 5. The van der Waals surface area contributed by atoms with Gasteiger partial charge in [0.25, 0.3) is 0 Å². The maximum absolute atomic E-state index is 12.2. The van der Waals surface area contributed by atoms with E-state index in [-0.39, 0.29) is 30.7 Å². The highest BCUT2D eigenvalue weighted by molar-refractivity contribution is 6.31. The number of likely N-dealkylation sites (N-methyl/N-ethyl adjacent to an activating group) is 2. The minimum absolute atomic E-state index is 0.0308. The van der Waals surface area contributed by atoms with Crippen molar-refractivity contribution >= 4 is 35.0 Å². The number of ether oxygens (including phenoxy) is 1. The lowest BCUT2D eigenvalue weighted by Crippen LogP contribution is -2.43. The number of methoxy groups -OCH3 is 1. The van der Waals surface area contributed by atoms with Crippen molar-refractivity contribution in [3.8, 4) is 5.75 Å². The minimum Gasteiger partial charge on any atom is -0.495 e. The predicted octanol–water partition coefficient (Wildman–Crippen LogP) is 1.37. The molecule has 0 radical (unpaired) electrons. The summed E-state index contributed by atoms with van der Waals surface area (Å²) in [5.41, 5.74) is 0.451. The van der Waals surface area contributed by atoms with Gasteiger partial charge in [0.05, 0.1) is 31.8 Å². The molecule has 0 spiro atoms. The summed E-state index contributed by atoms with van der Waals surface area (Å²) in [7, 11) is 3.14. The fraction of sp³-hybridized carbons (Fsp3) is 0.438. The molecule has 2 rings (SSSR count). The van der Waals surface area contributed by atoms with Crippen molar-refractivity contribution in [1.29, 1.82) is 0 Å². The van der Waals surface area contributed by atoms with E-state index >= 15 is 0 Å². The van der Waals surface area contributed by atoms with E-state index in [2.05, 4.69) is 5.32 Å². The standard InChI is InChI=1S/C16H20ClN3O4/c1-4-20-15(22)8-12(16(20)23)19(2)9-14(21)18-11-7-10(17)5-6-13(11)24-3/h5-7,12H,4,8-9H2,1-3H3,(H,18,21). The molecule has 1 heterocycles. The van der Waals surface area contributed by atoms with Crippen LogP contribution >= 0.6 is 11.6 Å². The monoisotopic (exact) mass is 353 g/mol. The van der Waals surface area contributed by atoms with E-state index in [1.807, 2.05) is 0 Å². The molecule has 0 bridgehead atoms. The average Bonchev–Trinajstić information content (AvgIpc) is 2.81. The van der Waals surface area contributed by atoms with Gasteiger partial charge in [-0.2, -0.15) is 0 Å². The number of anilines is 1. The molecule has 0 aliphatic carbocycles. The first-order valence-electron chi connectivity index (χ1n) is 7.55. The van der Waals surface area contributed by atoms with Crippen LogP contribution in [0.1, 0.15) is 13.3 Å². The number of likely N-dealkylation sites (tertiary alicyclic amines) is 1. The van der Waals surface area contributed by atoms with Crippen LogP contribution in [0.3, 0.4) is 0 Å².